The molecule has 2 N–H and O–H groups in total. The van der Waals surface area contributed by atoms with E-state index in [9.17, 15) is 9.90 Å². The molecule has 0 aromatic carbocycles. The molecule has 0 aromatic heterocycles. The van der Waals surface area contributed by atoms with Crippen molar-refractivity contribution in [2.75, 3.05) is 13.1 Å². The summed E-state index contributed by atoms with van der Waals surface area (Å²) in [5.74, 6) is -1.18. The number of carboxylic acids is 1. The molecule has 0 fully saturated rings. The molecule has 3 atom stereocenters. The maximum absolute atomic E-state index is 10.7. The Bertz CT molecular complexity index is 182. The quantitative estimate of drug-likeness (QED) is 0.670. The first-order valence-electron chi connectivity index (χ1n) is 5.05. The number of aliphatic carboxylic acids is 1. The Morgan fingerprint density at radius 1 is 1.36 bits per heavy atom. The number of aliphatic hydroxyl groups excluding tert-OH is 1. The maximum Gasteiger partial charge on any atom is 0.307 e. The van der Waals surface area contributed by atoms with E-state index in [-0.39, 0.29) is 6.04 Å². The number of carbonyl (C=O) groups is 1. The highest BCUT2D eigenvalue weighted by Gasteiger charge is 2.21. The molecular weight excluding hydrogens is 182 g/mol. The van der Waals surface area contributed by atoms with Crippen LogP contribution in [-0.4, -0.2) is 46.3 Å². The maximum atomic E-state index is 10.7. The van der Waals surface area contributed by atoms with Gasteiger partial charge in [0.1, 0.15) is 0 Å². The summed E-state index contributed by atoms with van der Waals surface area (Å²) in [4.78, 5) is 12.6. The second kappa shape index (κ2) is 5.98. The van der Waals surface area contributed by atoms with Gasteiger partial charge in [0.25, 0.3) is 0 Å². The molecular formula is C10H21NO3. The molecule has 0 radical (unpaired) electrons. The normalized spacial score (nSPS) is 17.9. The first-order valence-corrected chi connectivity index (χ1v) is 5.05. The molecule has 84 valence electrons. The third-order valence-corrected chi connectivity index (χ3v) is 2.61. The van der Waals surface area contributed by atoms with E-state index < -0.39 is 18.0 Å². The Morgan fingerprint density at radius 2 is 1.86 bits per heavy atom. The van der Waals surface area contributed by atoms with E-state index in [0.29, 0.717) is 6.54 Å². The lowest BCUT2D eigenvalue weighted by Gasteiger charge is -2.30. The average Bonchev–Trinajstić information content (AvgIpc) is 2.12. The van der Waals surface area contributed by atoms with Crippen molar-refractivity contribution in [1.82, 2.24) is 4.90 Å². The summed E-state index contributed by atoms with van der Waals surface area (Å²) in [5.41, 5.74) is 0. The summed E-state index contributed by atoms with van der Waals surface area (Å²) in [7, 11) is 0. The predicted octanol–water partition coefficient (Wildman–Crippen LogP) is 0.798. The minimum atomic E-state index is -0.791. The van der Waals surface area contributed by atoms with Crippen molar-refractivity contribution in [2.24, 2.45) is 5.92 Å². The second-order valence-corrected chi connectivity index (χ2v) is 3.81. The Morgan fingerprint density at radius 3 is 2.14 bits per heavy atom. The zero-order chi connectivity index (χ0) is 11.3. The molecule has 0 bridgehead atoms. The zero-order valence-electron chi connectivity index (χ0n) is 9.40. The van der Waals surface area contributed by atoms with Gasteiger partial charge in [-0.05, 0) is 20.4 Å². The van der Waals surface area contributed by atoms with Gasteiger partial charge in [-0.3, -0.25) is 9.69 Å². The van der Waals surface area contributed by atoms with Gasteiger partial charge in [-0.15, -0.1) is 0 Å². The molecule has 0 aliphatic carbocycles. The van der Waals surface area contributed by atoms with Gasteiger partial charge in [-0.2, -0.15) is 0 Å². The summed E-state index contributed by atoms with van der Waals surface area (Å²) in [6.45, 7) is 8.51. The first-order chi connectivity index (χ1) is 6.40. The van der Waals surface area contributed by atoms with Crippen LogP contribution in [0.15, 0.2) is 0 Å². The SMILES string of the molecule is CCN(CC(C)C(=O)O)C(C)C(C)O. The molecule has 0 heterocycles. The van der Waals surface area contributed by atoms with Crippen LogP contribution in [0.5, 0.6) is 0 Å². The Balaban J connectivity index is 4.21. The van der Waals surface area contributed by atoms with E-state index in [4.69, 9.17) is 5.11 Å². The molecule has 0 spiro atoms. The molecule has 3 unspecified atom stereocenters. The Hall–Kier alpha value is -0.610. The number of hydrogen-bond acceptors (Lipinski definition) is 3. The minimum absolute atomic E-state index is 0.00167. The third kappa shape index (κ3) is 4.07. The van der Waals surface area contributed by atoms with Gasteiger partial charge in [0.05, 0.1) is 12.0 Å². The van der Waals surface area contributed by atoms with Crippen LogP contribution < -0.4 is 0 Å². The molecule has 14 heavy (non-hydrogen) atoms. The van der Waals surface area contributed by atoms with Crippen LogP contribution in [0.3, 0.4) is 0 Å². The summed E-state index contributed by atoms with van der Waals surface area (Å²) < 4.78 is 0. The van der Waals surface area contributed by atoms with Crippen LogP contribution >= 0.6 is 0 Å². The van der Waals surface area contributed by atoms with Gasteiger partial charge in [-0.1, -0.05) is 13.8 Å². The van der Waals surface area contributed by atoms with Gasteiger partial charge in [0.2, 0.25) is 0 Å². The number of hydrogen-bond donors (Lipinski definition) is 2. The van der Waals surface area contributed by atoms with Crippen molar-refractivity contribution in [3.63, 3.8) is 0 Å². The van der Waals surface area contributed by atoms with Crippen molar-refractivity contribution < 1.29 is 15.0 Å². The monoisotopic (exact) mass is 203 g/mol. The number of likely N-dealkylation sites (N-methyl/N-ethyl adjacent to an activating group) is 1. The standard InChI is InChI=1S/C10H21NO3/c1-5-11(8(3)9(4)12)6-7(2)10(13)14/h7-9,12H,5-6H2,1-4H3,(H,13,14). The smallest absolute Gasteiger partial charge is 0.307 e. The number of aliphatic hydroxyl groups is 1. The number of rotatable bonds is 6. The van der Waals surface area contributed by atoms with Crippen LogP contribution in [0.4, 0.5) is 0 Å². The van der Waals surface area contributed by atoms with Crippen LogP contribution in [0.1, 0.15) is 27.7 Å². The highest BCUT2D eigenvalue weighted by atomic mass is 16.4. The molecule has 4 heteroatoms. The first kappa shape index (κ1) is 13.4. The Labute approximate surface area is 85.5 Å². The topological polar surface area (TPSA) is 60.8 Å². The van der Waals surface area contributed by atoms with Gasteiger partial charge >= 0.3 is 5.97 Å². The number of carboxylic acid groups (broad SMARTS) is 1. The lowest BCUT2D eigenvalue weighted by Crippen LogP contribution is -2.43. The van der Waals surface area contributed by atoms with E-state index >= 15 is 0 Å². The third-order valence-electron chi connectivity index (χ3n) is 2.61. The zero-order valence-corrected chi connectivity index (χ0v) is 9.40. The van der Waals surface area contributed by atoms with E-state index in [1.165, 1.54) is 0 Å². The number of nitrogens with zero attached hydrogens (tertiary/aromatic N) is 1. The molecule has 0 aromatic rings. The highest BCUT2D eigenvalue weighted by Crippen LogP contribution is 2.08. The summed E-state index contributed by atoms with van der Waals surface area (Å²) in [5, 5.41) is 18.1. The van der Waals surface area contributed by atoms with Crippen LogP contribution in [0.25, 0.3) is 0 Å². The van der Waals surface area contributed by atoms with E-state index in [1.54, 1.807) is 13.8 Å². The highest BCUT2D eigenvalue weighted by molar-refractivity contribution is 5.69. The largest absolute Gasteiger partial charge is 0.481 e. The van der Waals surface area contributed by atoms with Crippen molar-refractivity contribution in [3.8, 4) is 0 Å². The van der Waals surface area contributed by atoms with Crippen LogP contribution in [0.2, 0.25) is 0 Å². The lowest BCUT2D eigenvalue weighted by molar-refractivity contribution is -0.142. The van der Waals surface area contributed by atoms with Crippen molar-refractivity contribution >= 4 is 5.97 Å². The fourth-order valence-corrected chi connectivity index (χ4v) is 1.32. The average molecular weight is 203 g/mol. The van der Waals surface area contributed by atoms with Crippen LogP contribution in [-0.2, 0) is 4.79 Å². The minimum Gasteiger partial charge on any atom is -0.481 e. The Kier molecular flexibility index (Phi) is 5.72. The van der Waals surface area contributed by atoms with E-state index in [2.05, 4.69) is 0 Å². The van der Waals surface area contributed by atoms with Crippen LogP contribution in [0, 0.1) is 5.92 Å². The summed E-state index contributed by atoms with van der Waals surface area (Å²) in [6.07, 6.45) is -0.434. The molecule has 0 saturated carbocycles. The lowest BCUT2D eigenvalue weighted by atomic mass is 10.1. The fourth-order valence-electron chi connectivity index (χ4n) is 1.32. The second-order valence-electron chi connectivity index (χ2n) is 3.81. The van der Waals surface area contributed by atoms with Crippen molar-refractivity contribution in [3.05, 3.63) is 0 Å². The molecule has 0 rings (SSSR count). The predicted molar refractivity (Wildman–Crippen MR) is 55.2 cm³/mol. The summed E-state index contributed by atoms with van der Waals surface area (Å²) >= 11 is 0. The summed E-state index contributed by atoms with van der Waals surface area (Å²) in [6, 6.07) is 0.00167. The molecule has 4 nitrogen and oxygen atoms in total. The molecule has 0 aliphatic rings. The van der Waals surface area contributed by atoms with E-state index in [0.717, 1.165) is 6.54 Å². The molecule has 0 aliphatic heterocycles. The van der Waals surface area contributed by atoms with Gasteiger partial charge < -0.3 is 10.2 Å². The van der Waals surface area contributed by atoms with Crippen molar-refractivity contribution in [2.45, 2.75) is 39.8 Å². The van der Waals surface area contributed by atoms with E-state index in [1.807, 2.05) is 18.7 Å². The van der Waals surface area contributed by atoms with Crippen molar-refractivity contribution in [1.29, 1.82) is 0 Å². The van der Waals surface area contributed by atoms with Gasteiger partial charge in [-0.25, -0.2) is 0 Å². The van der Waals surface area contributed by atoms with Gasteiger partial charge in [0.15, 0.2) is 0 Å². The fraction of sp³-hybridized carbons (Fsp3) is 0.900. The molecule has 0 amide bonds. The molecule has 0 saturated heterocycles. The van der Waals surface area contributed by atoms with Gasteiger partial charge in [0, 0.05) is 12.6 Å².